The van der Waals surface area contributed by atoms with Gasteiger partial charge in [-0.3, -0.25) is 0 Å². The maximum atomic E-state index is 13.2. The van der Waals surface area contributed by atoms with Gasteiger partial charge in [0, 0.05) is 12.6 Å². The fourth-order valence-electron chi connectivity index (χ4n) is 2.32. The lowest BCUT2D eigenvalue weighted by atomic mass is 9.95. The lowest BCUT2D eigenvalue weighted by Gasteiger charge is -2.13. The van der Waals surface area contributed by atoms with Crippen molar-refractivity contribution in [1.29, 1.82) is 0 Å². The minimum Gasteiger partial charge on any atom is -0.310 e. The molecule has 0 aromatic heterocycles. The van der Waals surface area contributed by atoms with E-state index in [-0.39, 0.29) is 5.82 Å². The molecule has 0 amide bonds. The second-order valence-corrected chi connectivity index (χ2v) is 5.64. The van der Waals surface area contributed by atoms with E-state index < -0.39 is 0 Å². The van der Waals surface area contributed by atoms with Crippen LogP contribution in [0.4, 0.5) is 4.39 Å². The average molecular weight is 271 g/mol. The maximum absolute atomic E-state index is 13.2. The molecule has 2 aromatic rings. The molecule has 0 aliphatic carbocycles. The third-order valence-corrected chi connectivity index (χ3v) is 3.50. The van der Waals surface area contributed by atoms with Crippen molar-refractivity contribution >= 4 is 0 Å². The summed E-state index contributed by atoms with van der Waals surface area (Å²) >= 11 is 0. The summed E-state index contributed by atoms with van der Waals surface area (Å²) in [7, 11) is 0. The normalized spacial score (nSPS) is 11.1. The number of hydrogen-bond donors (Lipinski definition) is 1. The first-order valence-electron chi connectivity index (χ1n) is 7.07. The van der Waals surface area contributed by atoms with Gasteiger partial charge in [-0.25, -0.2) is 4.39 Å². The van der Waals surface area contributed by atoms with Gasteiger partial charge in [-0.1, -0.05) is 32.0 Å². The van der Waals surface area contributed by atoms with Gasteiger partial charge in [-0.2, -0.15) is 0 Å². The van der Waals surface area contributed by atoms with Gasteiger partial charge in [0.25, 0.3) is 0 Å². The highest BCUT2D eigenvalue weighted by Crippen LogP contribution is 2.28. The number of aryl methyl sites for hydroxylation is 2. The first-order valence-corrected chi connectivity index (χ1v) is 7.07. The zero-order chi connectivity index (χ0) is 14.7. The lowest BCUT2D eigenvalue weighted by molar-refractivity contribution is 0.589. The van der Waals surface area contributed by atoms with Gasteiger partial charge in [0.05, 0.1) is 0 Å². The fourth-order valence-corrected chi connectivity index (χ4v) is 2.32. The summed E-state index contributed by atoms with van der Waals surface area (Å²) in [5, 5.41) is 3.42. The number of rotatable bonds is 4. The molecule has 0 heterocycles. The van der Waals surface area contributed by atoms with Gasteiger partial charge in [-0.05, 0) is 59.9 Å². The summed E-state index contributed by atoms with van der Waals surface area (Å²) < 4.78 is 13.2. The molecule has 2 rings (SSSR count). The van der Waals surface area contributed by atoms with Crippen LogP contribution in [0.5, 0.6) is 0 Å². The second-order valence-electron chi connectivity index (χ2n) is 5.64. The van der Waals surface area contributed by atoms with Crippen LogP contribution in [0.15, 0.2) is 36.4 Å². The summed E-state index contributed by atoms with van der Waals surface area (Å²) in [6.07, 6.45) is 0. The van der Waals surface area contributed by atoms with Crippen LogP contribution in [0, 0.1) is 19.7 Å². The molecule has 0 fully saturated rings. The highest BCUT2D eigenvalue weighted by Gasteiger charge is 2.07. The van der Waals surface area contributed by atoms with Gasteiger partial charge < -0.3 is 5.32 Å². The molecule has 0 spiro atoms. The van der Waals surface area contributed by atoms with Crippen LogP contribution in [0.3, 0.4) is 0 Å². The van der Waals surface area contributed by atoms with Gasteiger partial charge in [-0.15, -0.1) is 0 Å². The van der Waals surface area contributed by atoms with Crippen molar-refractivity contribution in [2.24, 2.45) is 0 Å². The minimum atomic E-state index is -0.179. The van der Waals surface area contributed by atoms with Gasteiger partial charge in [0.2, 0.25) is 0 Å². The molecule has 0 radical (unpaired) electrons. The molecule has 1 nitrogen and oxygen atoms in total. The third kappa shape index (κ3) is 3.45. The number of hydrogen-bond acceptors (Lipinski definition) is 1. The van der Waals surface area contributed by atoms with Crippen LogP contribution >= 0.6 is 0 Å². The van der Waals surface area contributed by atoms with Crippen LogP contribution in [0.25, 0.3) is 11.1 Å². The minimum absolute atomic E-state index is 0.179. The first kappa shape index (κ1) is 14.7. The van der Waals surface area contributed by atoms with Gasteiger partial charge >= 0.3 is 0 Å². The van der Waals surface area contributed by atoms with Gasteiger partial charge in [0.1, 0.15) is 5.82 Å². The molecule has 0 aliphatic heterocycles. The maximum Gasteiger partial charge on any atom is 0.123 e. The molecule has 0 atom stereocenters. The Morgan fingerprint density at radius 3 is 2.35 bits per heavy atom. The highest BCUT2D eigenvalue weighted by atomic mass is 19.1. The Morgan fingerprint density at radius 1 is 0.950 bits per heavy atom. The Balaban J connectivity index is 2.37. The Hall–Kier alpha value is -1.67. The van der Waals surface area contributed by atoms with E-state index in [1.807, 2.05) is 13.0 Å². The first-order chi connectivity index (χ1) is 9.47. The molecule has 2 aromatic carbocycles. The van der Waals surface area contributed by atoms with Crippen molar-refractivity contribution in [2.45, 2.75) is 40.3 Å². The SMILES string of the molecule is Cc1cc(F)ccc1-c1cc(CNC(C)C)ccc1C. The topological polar surface area (TPSA) is 12.0 Å². The monoisotopic (exact) mass is 271 g/mol. The molecular formula is C18H22FN. The second kappa shape index (κ2) is 6.19. The van der Waals surface area contributed by atoms with E-state index in [2.05, 4.69) is 44.3 Å². The third-order valence-electron chi connectivity index (χ3n) is 3.50. The summed E-state index contributed by atoms with van der Waals surface area (Å²) in [4.78, 5) is 0. The fraction of sp³-hybridized carbons (Fsp3) is 0.333. The van der Waals surface area contributed by atoms with Crippen molar-refractivity contribution in [3.63, 3.8) is 0 Å². The Labute approximate surface area is 120 Å². The van der Waals surface area contributed by atoms with E-state index in [0.717, 1.165) is 17.7 Å². The summed E-state index contributed by atoms with van der Waals surface area (Å²) in [6, 6.07) is 11.9. The molecule has 20 heavy (non-hydrogen) atoms. The van der Waals surface area contributed by atoms with Crippen molar-refractivity contribution in [3.05, 3.63) is 58.9 Å². The molecule has 0 saturated heterocycles. The summed E-state index contributed by atoms with van der Waals surface area (Å²) in [6.45, 7) is 9.18. The quantitative estimate of drug-likeness (QED) is 0.856. The molecule has 2 heteroatoms. The molecule has 0 aliphatic rings. The van der Waals surface area contributed by atoms with Crippen LogP contribution in [-0.4, -0.2) is 6.04 Å². The predicted molar refractivity (Wildman–Crippen MR) is 83.3 cm³/mol. The summed E-state index contributed by atoms with van der Waals surface area (Å²) in [5.74, 6) is -0.179. The molecular weight excluding hydrogens is 249 g/mol. The molecule has 1 N–H and O–H groups in total. The standard InChI is InChI=1S/C18H22FN/c1-12(2)20-11-15-6-5-13(3)18(10-15)17-8-7-16(19)9-14(17)4/h5-10,12,20H,11H2,1-4H3. The number of nitrogens with one attached hydrogen (secondary N) is 1. The van der Waals surface area contributed by atoms with Crippen LogP contribution < -0.4 is 5.32 Å². The molecule has 106 valence electrons. The van der Waals surface area contributed by atoms with Gasteiger partial charge in [0.15, 0.2) is 0 Å². The Morgan fingerprint density at radius 2 is 1.70 bits per heavy atom. The van der Waals surface area contributed by atoms with E-state index in [9.17, 15) is 4.39 Å². The van der Waals surface area contributed by atoms with E-state index >= 15 is 0 Å². The van der Waals surface area contributed by atoms with Crippen molar-refractivity contribution in [2.75, 3.05) is 0 Å². The van der Waals surface area contributed by atoms with Crippen molar-refractivity contribution in [1.82, 2.24) is 5.32 Å². The Kier molecular flexibility index (Phi) is 4.56. The van der Waals surface area contributed by atoms with E-state index in [1.165, 1.54) is 22.8 Å². The van der Waals surface area contributed by atoms with Crippen LogP contribution in [0.2, 0.25) is 0 Å². The zero-order valence-corrected chi connectivity index (χ0v) is 12.6. The molecule has 0 saturated carbocycles. The summed E-state index contributed by atoms with van der Waals surface area (Å²) in [5.41, 5.74) is 5.74. The molecule has 0 unspecified atom stereocenters. The largest absolute Gasteiger partial charge is 0.310 e. The van der Waals surface area contributed by atoms with E-state index in [1.54, 1.807) is 6.07 Å². The van der Waals surface area contributed by atoms with Crippen LogP contribution in [-0.2, 0) is 6.54 Å². The lowest BCUT2D eigenvalue weighted by Crippen LogP contribution is -2.21. The van der Waals surface area contributed by atoms with E-state index in [4.69, 9.17) is 0 Å². The van der Waals surface area contributed by atoms with Crippen molar-refractivity contribution < 1.29 is 4.39 Å². The highest BCUT2D eigenvalue weighted by molar-refractivity contribution is 5.71. The van der Waals surface area contributed by atoms with Crippen LogP contribution in [0.1, 0.15) is 30.5 Å². The molecule has 0 bridgehead atoms. The predicted octanol–water partition coefficient (Wildman–Crippen LogP) is 4.61. The smallest absolute Gasteiger partial charge is 0.123 e. The Bertz CT molecular complexity index is 602. The average Bonchev–Trinajstić information content (AvgIpc) is 2.38. The number of benzene rings is 2. The zero-order valence-electron chi connectivity index (χ0n) is 12.6. The van der Waals surface area contributed by atoms with Crippen molar-refractivity contribution in [3.8, 4) is 11.1 Å². The number of halogens is 1. The van der Waals surface area contributed by atoms with E-state index in [0.29, 0.717) is 6.04 Å².